The summed E-state index contributed by atoms with van der Waals surface area (Å²) in [6.45, 7) is 7.69. The van der Waals surface area contributed by atoms with Crippen molar-refractivity contribution in [1.82, 2.24) is 4.90 Å². The van der Waals surface area contributed by atoms with Crippen LogP contribution in [0.15, 0.2) is 18.2 Å². The second-order valence-corrected chi connectivity index (χ2v) is 6.09. The Hall–Kier alpha value is -1.78. The van der Waals surface area contributed by atoms with Gasteiger partial charge >= 0.3 is 6.18 Å². The lowest BCUT2D eigenvalue weighted by Gasteiger charge is -2.37. The van der Waals surface area contributed by atoms with E-state index in [1.165, 1.54) is 12.1 Å². The van der Waals surface area contributed by atoms with Crippen molar-refractivity contribution in [3.8, 4) is 6.07 Å². The molecule has 0 aliphatic carbocycles. The molecule has 0 amide bonds. The van der Waals surface area contributed by atoms with Gasteiger partial charge in [-0.15, -0.1) is 0 Å². The number of benzene rings is 1. The Kier molecular flexibility index (Phi) is 6.08. The number of nitriles is 1. The molecule has 0 unspecified atom stereocenters. The predicted octanol–water partition coefficient (Wildman–Crippen LogP) is 3.12. The molecule has 2 rings (SSSR count). The van der Waals surface area contributed by atoms with E-state index in [1.807, 2.05) is 19.9 Å². The average Bonchev–Trinajstić information content (AvgIpc) is 2.53. The molecule has 1 aromatic rings. The van der Waals surface area contributed by atoms with Crippen LogP contribution in [0.1, 0.15) is 25.0 Å². The van der Waals surface area contributed by atoms with Crippen molar-refractivity contribution in [3.05, 3.63) is 29.3 Å². The second kappa shape index (κ2) is 7.86. The summed E-state index contributed by atoms with van der Waals surface area (Å²) in [4.78, 5) is 3.89. The van der Waals surface area contributed by atoms with Gasteiger partial charge in [0.05, 0.1) is 35.6 Å². The number of alkyl halides is 3. The standard InChI is InChI=1S/C17H22F3N3O/c1-13(2)24-10-9-22-5-7-23(8-6-22)16-11-14(12-21)3-4-15(16)17(18,19)20/h3-4,11,13H,5-10H2,1-2H3. The first-order valence-corrected chi connectivity index (χ1v) is 8.01. The van der Waals surface area contributed by atoms with Crippen LogP contribution in [0.4, 0.5) is 18.9 Å². The highest BCUT2D eigenvalue weighted by atomic mass is 19.4. The Balaban J connectivity index is 2.04. The molecule has 1 fully saturated rings. The molecule has 1 heterocycles. The van der Waals surface area contributed by atoms with Crippen LogP contribution in [-0.2, 0) is 10.9 Å². The van der Waals surface area contributed by atoms with Gasteiger partial charge in [-0.3, -0.25) is 4.90 Å². The van der Waals surface area contributed by atoms with Crippen molar-refractivity contribution in [2.75, 3.05) is 44.2 Å². The topological polar surface area (TPSA) is 39.5 Å². The first-order valence-electron chi connectivity index (χ1n) is 8.01. The maximum Gasteiger partial charge on any atom is 0.418 e. The molecule has 132 valence electrons. The molecule has 0 saturated carbocycles. The zero-order chi connectivity index (χ0) is 17.7. The maximum atomic E-state index is 13.2. The predicted molar refractivity (Wildman–Crippen MR) is 85.9 cm³/mol. The molecule has 0 bridgehead atoms. The molecule has 0 N–H and O–H groups in total. The van der Waals surface area contributed by atoms with E-state index in [9.17, 15) is 13.2 Å². The normalized spacial score (nSPS) is 16.5. The number of anilines is 1. The molecule has 0 aromatic heterocycles. The van der Waals surface area contributed by atoms with Gasteiger partial charge in [-0.25, -0.2) is 0 Å². The van der Waals surface area contributed by atoms with Crippen molar-refractivity contribution in [2.24, 2.45) is 0 Å². The highest BCUT2D eigenvalue weighted by Crippen LogP contribution is 2.37. The van der Waals surface area contributed by atoms with E-state index < -0.39 is 11.7 Å². The number of hydrogen-bond donors (Lipinski definition) is 0. The van der Waals surface area contributed by atoms with Crippen LogP contribution in [0.3, 0.4) is 0 Å². The molecule has 1 aliphatic heterocycles. The lowest BCUT2D eigenvalue weighted by atomic mass is 10.1. The molecule has 1 aliphatic rings. The Morgan fingerprint density at radius 1 is 1.21 bits per heavy atom. The van der Waals surface area contributed by atoms with Crippen molar-refractivity contribution in [3.63, 3.8) is 0 Å². The van der Waals surface area contributed by atoms with E-state index >= 15 is 0 Å². The SMILES string of the molecule is CC(C)OCCN1CCN(c2cc(C#N)ccc2C(F)(F)F)CC1. The van der Waals surface area contributed by atoms with Gasteiger partial charge in [0.25, 0.3) is 0 Å². The van der Waals surface area contributed by atoms with Gasteiger partial charge in [-0.2, -0.15) is 18.4 Å². The van der Waals surface area contributed by atoms with E-state index in [-0.39, 0.29) is 17.4 Å². The third-order valence-electron chi connectivity index (χ3n) is 4.00. The Morgan fingerprint density at radius 2 is 1.88 bits per heavy atom. The summed E-state index contributed by atoms with van der Waals surface area (Å²) in [6.07, 6.45) is -4.25. The van der Waals surface area contributed by atoms with E-state index in [2.05, 4.69) is 4.90 Å². The van der Waals surface area contributed by atoms with Crippen molar-refractivity contribution >= 4 is 5.69 Å². The first kappa shape index (κ1) is 18.6. The van der Waals surface area contributed by atoms with Crippen LogP contribution in [0.2, 0.25) is 0 Å². The highest BCUT2D eigenvalue weighted by molar-refractivity contribution is 5.59. The molecule has 1 aromatic carbocycles. The first-order chi connectivity index (χ1) is 11.3. The average molecular weight is 341 g/mol. The molecule has 7 heteroatoms. The molecule has 0 atom stereocenters. The van der Waals surface area contributed by atoms with Crippen LogP contribution < -0.4 is 4.90 Å². The van der Waals surface area contributed by atoms with Gasteiger partial charge in [0.15, 0.2) is 0 Å². The lowest BCUT2D eigenvalue weighted by molar-refractivity contribution is -0.137. The number of halogens is 3. The van der Waals surface area contributed by atoms with E-state index in [0.29, 0.717) is 32.8 Å². The quantitative estimate of drug-likeness (QED) is 0.825. The minimum atomic E-state index is -4.43. The number of ether oxygens (including phenoxy) is 1. The molecular formula is C17H22F3N3O. The molecule has 24 heavy (non-hydrogen) atoms. The number of nitrogens with zero attached hydrogens (tertiary/aromatic N) is 3. The van der Waals surface area contributed by atoms with Crippen LogP contribution in [0, 0.1) is 11.3 Å². The molecule has 1 saturated heterocycles. The van der Waals surface area contributed by atoms with Crippen LogP contribution in [0.5, 0.6) is 0 Å². The number of piperazine rings is 1. The van der Waals surface area contributed by atoms with E-state index in [1.54, 1.807) is 4.90 Å². The third-order valence-corrected chi connectivity index (χ3v) is 4.00. The van der Waals surface area contributed by atoms with Crippen LogP contribution in [-0.4, -0.2) is 50.3 Å². The van der Waals surface area contributed by atoms with Gasteiger partial charge in [0, 0.05) is 32.7 Å². The summed E-state index contributed by atoms with van der Waals surface area (Å²) < 4.78 is 45.2. The number of rotatable bonds is 5. The fourth-order valence-electron chi connectivity index (χ4n) is 2.73. The van der Waals surface area contributed by atoms with E-state index in [0.717, 1.165) is 12.6 Å². The molecular weight excluding hydrogens is 319 g/mol. The second-order valence-electron chi connectivity index (χ2n) is 6.09. The Labute approximate surface area is 140 Å². The maximum absolute atomic E-state index is 13.2. The third kappa shape index (κ3) is 4.86. The molecule has 4 nitrogen and oxygen atoms in total. The van der Waals surface area contributed by atoms with Gasteiger partial charge < -0.3 is 9.64 Å². The van der Waals surface area contributed by atoms with Crippen LogP contribution >= 0.6 is 0 Å². The van der Waals surface area contributed by atoms with Gasteiger partial charge in [-0.05, 0) is 32.0 Å². The fraction of sp³-hybridized carbons (Fsp3) is 0.588. The van der Waals surface area contributed by atoms with Gasteiger partial charge in [-0.1, -0.05) is 0 Å². The van der Waals surface area contributed by atoms with Crippen molar-refractivity contribution in [1.29, 1.82) is 5.26 Å². The van der Waals surface area contributed by atoms with E-state index in [4.69, 9.17) is 10.00 Å². The summed E-state index contributed by atoms with van der Waals surface area (Å²) in [5.41, 5.74) is -0.344. The summed E-state index contributed by atoms with van der Waals surface area (Å²) in [6, 6.07) is 5.46. The zero-order valence-electron chi connectivity index (χ0n) is 13.9. The summed E-state index contributed by atoms with van der Waals surface area (Å²) >= 11 is 0. The summed E-state index contributed by atoms with van der Waals surface area (Å²) in [5.74, 6) is 0. The highest BCUT2D eigenvalue weighted by Gasteiger charge is 2.35. The monoisotopic (exact) mass is 341 g/mol. The van der Waals surface area contributed by atoms with Gasteiger partial charge in [0.2, 0.25) is 0 Å². The lowest BCUT2D eigenvalue weighted by Crippen LogP contribution is -2.48. The molecule has 0 radical (unpaired) electrons. The zero-order valence-corrected chi connectivity index (χ0v) is 13.9. The Bertz CT molecular complexity index is 588. The largest absolute Gasteiger partial charge is 0.418 e. The fourth-order valence-corrected chi connectivity index (χ4v) is 2.73. The number of hydrogen-bond acceptors (Lipinski definition) is 4. The van der Waals surface area contributed by atoms with Gasteiger partial charge in [0.1, 0.15) is 0 Å². The van der Waals surface area contributed by atoms with Crippen molar-refractivity contribution < 1.29 is 17.9 Å². The van der Waals surface area contributed by atoms with Crippen LogP contribution in [0.25, 0.3) is 0 Å². The Morgan fingerprint density at radius 3 is 2.42 bits per heavy atom. The minimum Gasteiger partial charge on any atom is -0.377 e. The molecule has 0 spiro atoms. The summed E-state index contributed by atoms with van der Waals surface area (Å²) in [5, 5.41) is 8.97. The summed E-state index contributed by atoms with van der Waals surface area (Å²) in [7, 11) is 0. The minimum absolute atomic E-state index is 0.0969. The smallest absolute Gasteiger partial charge is 0.377 e. The van der Waals surface area contributed by atoms with Crippen molar-refractivity contribution in [2.45, 2.75) is 26.1 Å².